The number of hydrogen-bond donors (Lipinski definition) is 1. The van der Waals surface area contributed by atoms with Crippen molar-refractivity contribution in [2.24, 2.45) is 0 Å². The quantitative estimate of drug-likeness (QED) is 0.627. The highest BCUT2D eigenvalue weighted by molar-refractivity contribution is 5.53. The SMILES string of the molecule is CCCCCC(Nc1c(C)cccc1F)c1ccccc1. The Kier molecular flexibility index (Phi) is 5.79. The highest BCUT2D eigenvalue weighted by Gasteiger charge is 2.14. The summed E-state index contributed by atoms with van der Waals surface area (Å²) < 4.78 is 14.1. The van der Waals surface area contributed by atoms with Gasteiger partial charge in [0.2, 0.25) is 0 Å². The molecule has 0 aliphatic rings. The van der Waals surface area contributed by atoms with Crippen LogP contribution in [0.15, 0.2) is 48.5 Å². The molecule has 0 aliphatic carbocycles. The summed E-state index contributed by atoms with van der Waals surface area (Å²) in [5, 5.41) is 3.42. The summed E-state index contributed by atoms with van der Waals surface area (Å²) in [5.74, 6) is -0.175. The third-order valence-electron chi connectivity index (χ3n) is 3.84. The molecule has 2 aromatic carbocycles. The molecule has 1 nitrogen and oxygen atoms in total. The van der Waals surface area contributed by atoms with Gasteiger partial charge in [0.1, 0.15) is 5.82 Å². The normalized spacial score (nSPS) is 12.1. The van der Waals surface area contributed by atoms with Gasteiger partial charge in [0.15, 0.2) is 0 Å². The van der Waals surface area contributed by atoms with Crippen molar-refractivity contribution in [3.63, 3.8) is 0 Å². The molecule has 1 unspecified atom stereocenters. The predicted molar refractivity (Wildman–Crippen MR) is 88.1 cm³/mol. The second-order valence-electron chi connectivity index (χ2n) is 5.54. The van der Waals surface area contributed by atoms with E-state index < -0.39 is 0 Å². The summed E-state index contributed by atoms with van der Waals surface area (Å²) in [6.45, 7) is 4.14. The number of benzene rings is 2. The molecule has 0 fully saturated rings. The fourth-order valence-electron chi connectivity index (χ4n) is 2.59. The zero-order valence-corrected chi connectivity index (χ0v) is 12.9. The van der Waals surface area contributed by atoms with Gasteiger partial charge in [0, 0.05) is 0 Å². The molecule has 21 heavy (non-hydrogen) atoms. The maximum atomic E-state index is 14.1. The summed E-state index contributed by atoms with van der Waals surface area (Å²) in [6, 6.07) is 15.7. The van der Waals surface area contributed by atoms with Crippen molar-refractivity contribution in [2.45, 2.75) is 45.6 Å². The average Bonchev–Trinajstić information content (AvgIpc) is 2.50. The maximum Gasteiger partial charge on any atom is 0.146 e. The summed E-state index contributed by atoms with van der Waals surface area (Å²) in [5.41, 5.74) is 2.80. The van der Waals surface area contributed by atoms with Crippen LogP contribution in [-0.4, -0.2) is 0 Å². The van der Waals surface area contributed by atoms with Gasteiger partial charge in [-0.1, -0.05) is 68.7 Å². The number of para-hydroxylation sites is 1. The van der Waals surface area contributed by atoms with Gasteiger partial charge in [-0.05, 0) is 30.5 Å². The Morgan fingerprint density at radius 1 is 1.00 bits per heavy atom. The molecule has 0 aliphatic heterocycles. The number of anilines is 1. The summed E-state index contributed by atoms with van der Waals surface area (Å²) in [4.78, 5) is 0. The molecule has 0 amide bonds. The van der Waals surface area contributed by atoms with E-state index in [1.54, 1.807) is 6.07 Å². The lowest BCUT2D eigenvalue weighted by Gasteiger charge is -2.22. The molecule has 0 aromatic heterocycles. The summed E-state index contributed by atoms with van der Waals surface area (Å²) >= 11 is 0. The van der Waals surface area contributed by atoms with Crippen LogP contribution in [0.1, 0.15) is 49.8 Å². The second-order valence-corrected chi connectivity index (χ2v) is 5.54. The number of halogens is 1. The molecule has 0 spiro atoms. The van der Waals surface area contributed by atoms with Gasteiger partial charge in [0.25, 0.3) is 0 Å². The fraction of sp³-hybridized carbons (Fsp3) is 0.368. The van der Waals surface area contributed by atoms with Crippen LogP contribution < -0.4 is 5.32 Å². The van der Waals surface area contributed by atoms with Crippen molar-refractivity contribution in [1.82, 2.24) is 0 Å². The number of rotatable bonds is 7. The number of nitrogens with one attached hydrogen (secondary N) is 1. The van der Waals surface area contributed by atoms with Crippen molar-refractivity contribution in [3.05, 3.63) is 65.5 Å². The Morgan fingerprint density at radius 2 is 1.76 bits per heavy atom. The second kappa shape index (κ2) is 7.82. The zero-order valence-electron chi connectivity index (χ0n) is 12.9. The first-order chi connectivity index (χ1) is 10.2. The molecule has 2 rings (SSSR count). The van der Waals surface area contributed by atoms with E-state index in [0.29, 0.717) is 5.69 Å². The minimum atomic E-state index is -0.175. The van der Waals surface area contributed by atoms with Crippen LogP contribution in [0, 0.1) is 12.7 Å². The van der Waals surface area contributed by atoms with Crippen molar-refractivity contribution in [2.75, 3.05) is 5.32 Å². The van der Waals surface area contributed by atoms with Crippen LogP contribution in [-0.2, 0) is 0 Å². The summed E-state index contributed by atoms with van der Waals surface area (Å²) in [7, 11) is 0. The highest BCUT2D eigenvalue weighted by Crippen LogP contribution is 2.28. The lowest BCUT2D eigenvalue weighted by atomic mass is 9.99. The smallest absolute Gasteiger partial charge is 0.146 e. The molecule has 1 atom stereocenters. The van der Waals surface area contributed by atoms with Crippen molar-refractivity contribution in [1.29, 1.82) is 0 Å². The fourth-order valence-corrected chi connectivity index (χ4v) is 2.59. The summed E-state index contributed by atoms with van der Waals surface area (Å²) in [6.07, 6.45) is 4.57. The first-order valence-corrected chi connectivity index (χ1v) is 7.79. The van der Waals surface area contributed by atoms with Gasteiger partial charge in [-0.25, -0.2) is 4.39 Å². The van der Waals surface area contributed by atoms with Crippen LogP contribution in [0.2, 0.25) is 0 Å². The molecule has 0 radical (unpaired) electrons. The van der Waals surface area contributed by atoms with Crippen LogP contribution >= 0.6 is 0 Å². The van der Waals surface area contributed by atoms with Gasteiger partial charge in [-0.3, -0.25) is 0 Å². The van der Waals surface area contributed by atoms with Gasteiger partial charge in [-0.15, -0.1) is 0 Å². The first kappa shape index (κ1) is 15.6. The largest absolute Gasteiger partial charge is 0.376 e. The van der Waals surface area contributed by atoms with Crippen LogP contribution in [0.4, 0.5) is 10.1 Å². The van der Waals surface area contributed by atoms with Gasteiger partial charge in [-0.2, -0.15) is 0 Å². The third-order valence-corrected chi connectivity index (χ3v) is 3.84. The van der Waals surface area contributed by atoms with Crippen molar-refractivity contribution >= 4 is 5.69 Å². The molecule has 0 bridgehead atoms. The van der Waals surface area contributed by atoms with Gasteiger partial charge < -0.3 is 5.32 Å². The molecular formula is C19H24FN. The molecule has 0 saturated carbocycles. The van der Waals surface area contributed by atoms with E-state index >= 15 is 0 Å². The predicted octanol–water partition coefficient (Wildman–Crippen LogP) is 5.87. The molecule has 2 heteroatoms. The third kappa shape index (κ3) is 4.32. The molecule has 0 heterocycles. The van der Waals surface area contributed by atoms with Crippen LogP contribution in [0.3, 0.4) is 0 Å². The number of unbranched alkanes of at least 4 members (excludes halogenated alkanes) is 2. The Hall–Kier alpha value is -1.83. The van der Waals surface area contributed by atoms with E-state index in [4.69, 9.17) is 0 Å². The average molecular weight is 285 g/mol. The molecule has 2 aromatic rings. The first-order valence-electron chi connectivity index (χ1n) is 7.79. The van der Waals surface area contributed by atoms with E-state index in [2.05, 4.69) is 24.4 Å². The van der Waals surface area contributed by atoms with Crippen molar-refractivity contribution in [3.8, 4) is 0 Å². The monoisotopic (exact) mass is 285 g/mol. The van der Waals surface area contributed by atoms with E-state index in [0.717, 1.165) is 18.4 Å². The Balaban J connectivity index is 2.19. The molecule has 0 saturated heterocycles. The minimum Gasteiger partial charge on any atom is -0.376 e. The number of aryl methyl sites for hydroxylation is 1. The highest BCUT2D eigenvalue weighted by atomic mass is 19.1. The van der Waals surface area contributed by atoms with E-state index in [1.165, 1.54) is 24.5 Å². The lowest BCUT2D eigenvalue weighted by Crippen LogP contribution is -2.13. The molecule has 112 valence electrons. The topological polar surface area (TPSA) is 12.0 Å². The van der Waals surface area contributed by atoms with E-state index in [1.807, 2.05) is 31.2 Å². The van der Waals surface area contributed by atoms with Crippen LogP contribution in [0.5, 0.6) is 0 Å². The van der Waals surface area contributed by atoms with Crippen LogP contribution in [0.25, 0.3) is 0 Å². The van der Waals surface area contributed by atoms with E-state index in [9.17, 15) is 4.39 Å². The molecular weight excluding hydrogens is 261 g/mol. The van der Waals surface area contributed by atoms with Gasteiger partial charge >= 0.3 is 0 Å². The number of hydrogen-bond acceptors (Lipinski definition) is 1. The standard InChI is InChI=1S/C19H24FN/c1-3-4-6-14-18(16-11-7-5-8-12-16)21-19-15(2)10-9-13-17(19)20/h5,7-13,18,21H,3-4,6,14H2,1-2H3. The van der Waals surface area contributed by atoms with Gasteiger partial charge in [0.05, 0.1) is 11.7 Å². The minimum absolute atomic E-state index is 0.161. The van der Waals surface area contributed by atoms with Crippen molar-refractivity contribution < 1.29 is 4.39 Å². The zero-order chi connectivity index (χ0) is 15.1. The maximum absolute atomic E-state index is 14.1. The Labute approximate surface area is 127 Å². The lowest BCUT2D eigenvalue weighted by molar-refractivity contribution is 0.592. The Morgan fingerprint density at radius 3 is 2.43 bits per heavy atom. The Bertz CT molecular complexity index is 530. The van der Waals surface area contributed by atoms with E-state index in [-0.39, 0.29) is 11.9 Å². The molecule has 1 N–H and O–H groups in total.